The predicted molar refractivity (Wildman–Crippen MR) is 105 cm³/mol. The lowest BCUT2D eigenvalue weighted by Crippen LogP contribution is -2.11. The lowest BCUT2D eigenvalue weighted by atomic mass is 10.1. The van der Waals surface area contributed by atoms with Gasteiger partial charge in [0.15, 0.2) is 11.5 Å². The Morgan fingerprint density at radius 1 is 0.967 bits per heavy atom. The molecule has 0 atom stereocenters. The van der Waals surface area contributed by atoms with Gasteiger partial charge in [0.25, 0.3) is 0 Å². The van der Waals surface area contributed by atoms with E-state index in [1.165, 1.54) is 16.6 Å². The minimum Gasteiger partial charge on any atom is -0.485 e. The highest BCUT2D eigenvalue weighted by Gasteiger charge is 2.33. The summed E-state index contributed by atoms with van der Waals surface area (Å²) in [6, 6.07) is 13.4. The summed E-state index contributed by atoms with van der Waals surface area (Å²) in [5, 5.41) is 4.39. The van der Waals surface area contributed by atoms with Crippen LogP contribution in [0.5, 0.6) is 17.4 Å². The fourth-order valence-electron chi connectivity index (χ4n) is 2.75. The van der Waals surface area contributed by atoms with Crippen LogP contribution in [0.4, 0.5) is 13.2 Å². The van der Waals surface area contributed by atoms with Gasteiger partial charge < -0.3 is 9.47 Å². The minimum absolute atomic E-state index is 0.00515. The maximum Gasteiger partial charge on any atom is 0.416 e. The molecule has 4 aromatic rings. The van der Waals surface area contributed by atoms with Crippen LogP contribution in [0.1, 0.15) is 11.1 Å². The summed E-state index contributed by atoms with van der Waals surface area (Å²) in [4.78, 5) is 3.94. The van der Waals surface area contributed by atoms with Crippen molar-refractivity contribution in [2.75, 3.05) is 0 Å². The van der Waals surface area contributed by atoms with E-state index in [1.807, 2.05) is 0 Å². The van der Waals surface area contributed by atoms with Crippen LogP contribution < -0.4 is 9.47 Å². The SMILES string of the molecule is FC(F)(F)c1cc(Cl)ccc1COc1ccccc1Oc1ccc2cnc(Cl)n2n1. The molecule has 0 aliphatic rings. The van der Waals surface area contributed by atoms with Gasteiger partial charge in [-0.15, -0.1) is 5.10 Å². The Balaban J connectivity index is 1.58. The Morgan fingerprint density at radius 3 is 2.50 bits per heavy atom. The number of aromatic nitrogens is 3. The zero-order chi connectivity index (χ0) is 21.3. The molecule has 0 amide bonds. The van der Waals surface area contributed by atoms with Crippen molar-refractivity contribution < 1.29 is 22.6 Å². The van der Waals surface area contributed by atoms with Crippen LogP contribution in [0.3, 0.4) is 0 Å². The number of imidazole rings is 1. The van der Waals surface area contributed by atoms with E-state index in [0.717, 1.165) is 6.07 Å². The molecule has 0 N–H and O–H groups in total. The molecule has 0 radical (unpaired) electrons. The van der Waals surface area contributed by atoms with Crippen LogP contribution in [0.15, 0.2) is 60.8 Å². The summed E-state index contributed by atoms with van der Waals surface area (Å²) in [6.45, 7) is -0.327. The molecule has 2 heterocycles. The van der Waals surface area contributed by atoms with Gasteiger partial charge in [0.1, 0.15) is 6.61 Å². The quantitative estimate of drug-likeness (QED) is 0.349. The molecule has 4 rings (SSSR count). The van der Waals surface area contributed by atoms with Gasteiger partial charge in [-0.2, -0.15) is 17.7 Å². The molecule has 0 saturated heterocycles. The first-order valence-corrected chi connectivity index (χ1v) is 9.32. The summed E-state index contributed by atoms with van der Waals surface area (Å²) in [5.41, 5.74) is -0.221. The first-order chi connectivity index (χ1) is 14.3. The third-order valence-corrected chi connectivity index (χ3v) is 4.63. The molecule has 10 heteroatoms. The van der Waals surface area contributed by atoms with Crippen molar-refractivity contribution in [1.82, 2.24) is 14.6 Å². The number of benzene rings is 2. The second kappa shape index (κ2) is 8.04. The lowest BCUT2D eigenvalue weighted by molar-refractivity contribution is -0.138. The number of para-hydroxylation sites is 2. The highest BCUT2D eigenvalue weighted by molar-refractivity contribution is 6.30. The van der Waals surface area contributed by atoms with Crippen molar-refractivity contribution >= 4 is 28.7 Å². The summed E-state index contributed by atoms with van der Waals surface area (Å²) in [6.07, 6.45) is -3.00. The number of fused-ring (bicyclic) bond motifs is 1. The molecule has 30 heavy (non-hydrogen) atoms. The van der Waals surface area contributed by atoms with Crippen molar-refractivity contribution in [1.29, 1.82) is 0 Å². The highest BCUT2D eigenvalue weighted by atomic mass is 35.5. The fraction of sp³-hybridized carbons (Fsp3) is 0.100. The van der Waals surface area contributed by atoms with Gasteiger partial charge >= 0.3 is 6.18 Å². The molecule has 154 valence electrons. The summed E-state index contributed by atoms with van der Waals surface area (Å²) in [7, 11) is 0. The van der Waals surface area contributed by atoms with Gasteiger partial charge in [-0.25, -0.2) is 4.98 Å². The number of nitrogens with zero attached hydrogens (tertiary/aromatic N) is 3. The van der Waals surface area contributed by atoms with E-state index in [0.29, 0.717) is 5.52 Å². The van der Waals surface area contributed by atoms with Crippen molar-refractivity contribution in [3.8, 4) is 17.4 Å². The molecule has 0 unspecified atom stereocenters. The lowest BCUT2D eigenvalue weighted by Gasteiger charge is -2.15. The van der Waals surface area contributed by atoms with E-state index in [2.05, 4.69) is 10.1 Å². The topological polar surface area (TPSA) is 48.7 Å². The molecule has 2 aromatic carbocycles. The number of hydrogen-bond donors (Lipinski definition) is 0. The zero-order valence-electron chi connectivity index (χ0n) is 15.0. The first-order valence-electron chi connectivity index (χ1n) is 8.57. The van der Waals surface area contributed by atoms with Crippen molar-refractivity contribution in [3.63, 3.8) is 0 Å². The van der Waals surface area contributed by atoms with Crippen LogP contribution >= 0.6 is 23.2 Å². The molecule has 0 saturated carbocycles. The Hall–Kier alpha value is -2.97. The highest BCUT2D eigenvalue weighted by Crippen LogP contribution is 2.36. The number of hydrogen-bond acceptors (Lipinski definition) is 4. The average Bonchev–Trinajstić information content (AvgIpc) is 3.08. The van der Waals surface area contributed by atoms with Crippen LogP contribution in [0.25, 0.3) is 5.52 Å². The normalized spacial score (nSPS) is 11.6. The number of ether oxygens (including phenoxy) is 2. The average molecular weight is 454 g/mol. The summed E-state index contributed by atoms with van der Waals surface area (Å²) >= 11 is 11.7. The summed E-state index contributed by atoms with van der Waals surface area (Å²) in [5.74, 6) is 0.739. The number of halogens is 5. The first kappa shape index (κ1) is 20.3. The zero-order valence-corrected chi connectivity index (χ0v) is 16.5. The predicted octanol–water partition coefficient (Wildman–Crippen LogP) is 6.43. The minimum atomic E-state index is -4.55. The molecular weight excluding hydrogens is 442 g/mol. The third kappa shape index (κ3) is 4.29. The maximum atomic E-state index is 13.3. The second-order valence-electron chi connectivity index (χ2n) is 6.17. The molecule has 0 aliphatic carbocycles. The van der Waals surface area contributed by atoms with Gasteiger partial charge in [-0.1, -0.05) is 29.8 Å². The smallest absolute Gasteiger partial charge is 0.416 e. The standard InChI is InChI=1S/C20H12Cl2F3N3O2/c21-13-6-5-12(15(9-13)20(23,24)25)11-29-16-3-1-2-4-17(16)30-18-8-7-14-10-26-19(22)28(14)27-18/h1-10H,11H2. The van der Waals surface area contributed by atoms with E-state index in [4.69, 9.17) is 32.7 Å². The van der Waals surface area contributed by atoms with Gasteiger partial charge in [-0.05, 0) is 41.9 Å². The van der Waals surface area contributed by atoms with E-state index < -0.39 is 11.7 Å². The van der Waals surface area contributed by atoms with Gasteiger partial charge in [0.05, 0.1) is 17.3 Å². The molecule has 5 nitrogen and oxygen atoms in total. The van der Waals surface area contributed by atoms with Gasteiger partial charge in [0, 0.05) is 16.7 Å². The molecule has 0 bridgehead atoms. The fourth-order valence-corrected chi connectivity index (χ4v) is 3.11. The second-order valence-corrected chi connectivity index (χ2v) is 6.95. The largest absolute Gasteiger partial charge is 0.485 e. The Bertz CT molecular complexity index is 1210. The van der Waals surface area contributed by atoms with Gasteiger partial charge in [-0.3, -0.25) is 0 Å². The summed E-state index contributed by atoms with van der Waals surface area (Å²) < 4.78 is 52.6. The third-order valence-electron chi connectivity index (χ3n) is 4.14. The monoisotopic (exact) mass is 453 g/mol. The van der Waals surface area contributed by atoms with Crippen molar-refractivity contribution in [2.24, 2.45) is 0 Å². The molecule has 0 aliphatic heterocycles. The van der Waals surface area contributed by atoms with Crippen LogP contribution in [-0.4, -0.2) is 14.6 Å². The van der Waals surface area contributed by atoms with Crippen molar-refractivity contribution in [3.05, 3.63) is 82.2 Å². The van der Waals surface area contributed by atoms with Crippen LogP contribution in [-0.2, 0) is 12.8 Å². The maximum absolute atomic E-state index is 13.3. The van der Waals surface area contributed by atoms with E-state index in [1.54, 1.807) is 42.6 Å². The Labute approximate surface area is 178 Å². The molecule has 0 fully saturated rings. The Kier molecular flexibility index (Phi) is 5.44. The van der Waals surface area contributed by atoms with Gasteiger partial charge in [0.2, 0.25) is 11.2 Å². The van der Waals surface area contributed by atoms with Crippen LogP contribution in [0.2, 0.25) is 10.3 Å². The van der Waals surface area contributed by atoms with Crippen LogP contribution in [0, 0.1) is 0 Å². The molecule has 0 spiro atoms. The van der Waals surface area contributed by atoms with Crippen molar-refractivity contribution in [2.45, 2.75) is 12.8 Å². The van der Waals surface area contributed by atoms with E-state index in [9.17, 15) is 13.2 Å². The number of alkyl halides is 3. The number of rotatable bonds is 5. The Morgan fingerprint density at radius 2 is 1.73 bits per heavy atom. The molecule has 2 aromatic heterocycles. The van der Waals surface area contributed by atoms with E-state index >= 15 is 0 Å². The molecular formula is C20H12Cl2F3N3O2. The van der Waals surface area contributed by atoms with E-state index in [-0.39, 0.29) is 39.9 Å².